The number of aromatic nitrogens is 2. The van der Waals surface area contributed by atoms with E-state index < -0.39 is 0 Å². The van der Waals surface area contributed by atoms with Crippen LogP contribution >= 0.6 is 0 Å². The first-order valence-corrected chi connectivity index (χ1v) is 10.3. The zero-order valence-electron chi connectivity index (χ0n) is 16.9. The number of piperidine rings is 1. The molecular weight excluding hydrogens is 360 g/mol. The zero-order chi connectivity index (χ0) is 20.1. The average molecular weight is 389 g/mol. The van der Waals surface area contributed by atoms with E-state index in [0.717, 1.165) is 36.7 Å². The fourth-order valence-electron chi connectivity index (χ4n) is 3.89. The number of carbonyl (C=O) groups excluding carboxylic acids is 1. The highest BCUT2D eigenvalue weighted by atomic mass is 16.1. The van der Waals surface area contributed by atoms with E-state index in [1.54, 1.807) is 12.5 Å². The van der Waals surface area contributed by atoms with Crippen LogP contribution in [0, 0.1) is 5.92 Å². The van der Waals surface area contributed by atoms with Gasteiger partial charge in [-0.25, -0.2) is 4.98 Å². The van der Waals surface area contributed by atoms with Crippen LogP contribution in [0.2, 0.25) is 0 Å². The molecule has 0 saturated carbocycles. The average Bonchev–Trinajstić information content (AvgIpc) is 3.26. The first kappa shape index (κ1) is 19.2. The number of anilines is 1. The molecule has 1 fully saturated rings. The number of imidazole rings is 1. The summed E-state index contributed by atoms with van der Waals surface area (Å²) < 4.78 is 2.00. The summed E-state index contributed by atoms with van der Waals surface area (Å²) in [4.78, 5) is 19.0. The molecule has 5 heteroatoms. The van der Waals surface area contributed by atoms with Crippen molar-refractivity contribution in [3.05, 3.63) is 83.9 Å². The Balaban J connectivity index is 1.30. The van der Waals surface area contributed by atoms with Crippen molar-refractivity contribution in [2.24, 2.45) is 5.92 Å². The van der Waals surface area contributed by atoms with E-state index in [-0.39, 0.29) is 5.91 Å². The van der Waals surface area contributed by atoms with Gasteiger partial charge in [0.25, 0.3) is 5.91 Å². The van der Waals surface area contributed by atoms with Crippen LogP contribution in [-0.2, 0) is 13.1 Å². The second kappa shape index (κ2) is 8.95. The minimum absolute atomic E-state index is 0.0480. The third-order valence-corrected chi connectivity index (χ3v) is 5.55. The smallest absolute Gasteiger partial charge is 0.251 e. The number of rotatable bonds is 6. The van der Waals surface area contributed by atoms with Crippen LogP contribution in [0.15, 0.2) is 67.3 Å². The minimum Gasteiger partial charge on any atom is -0.371 e. The van der Waals surface area contributed by atoms with E-state index in [2.05, 4.69) is 46.4 Å². The number of benzene rings is 2. The van der Waals surface area contributed by atoms with E-state index >= 15 is 0 Å². The lowest BCUT2D eigenvalue weighted by Gasteiger charge is -2.32. The number of hydrogen-bond donors (Lipinski definition) is 1. The normalized spacial score (nSPS) is 16.6. The molecule has 1 saturated heterocycles. The highest BCUT2D eigenvalue weighted by Crippen LogP contribution is 2.23. The van der Waals surface area contributed by atoms with Gasteiger partial charge in [-0.2, -0.15) is 0 Å². The van der Waals surface area contributed by atoms with Gasteiger partial charge in [0.2, 0.25) is 0 Å². The summed E-state index contributed by atoms with van der Waals surface area (Å²) in [6.45, 7) is 5.88. The van der Waals surface area contributed by atoms with Crippen molar-refractivity contribution >= 4 is 11.6 Å². The van der Waals surface area contributed by atoms with Gasteiger partial charge < -0.3 is 14.8 Å². The lowest BCUT2D eigenvalue weighted by Crippen LogP contribution is -2.34. The molecule has 4 rings (SSSR count). The first-order valence-electron chi connectivity index (χ1n) is 10.3. The van der Waals surface area contributed by atoms with Crippen LogP contribution in [0.1, 0.15) is 41.3 Å². The summed E-state index contributed by atoms with van der Waals surface area (Å²) in [6, 6.07) is 16.3. The Hall–Kier alpha value is -3.08. The number of carbonyl (C=O) groups is 1. The van der Waals surface area contributed by atoms with Crippen molar-refractivity contribution in [2.75, 3.05) is 18.0 Å². The molecule has 0 aliphatic carbocycles. The molecule has 29 heavy (non-hydrogen) atoms. The first-order chi connectivity index (χ1) is 14.2. The molecule has 1 aromatic heterocycles. The summed E-state index contributed by atoms with van der Waals surface area (Å²) in [7, 11) is 0. The number of hydrogen-bond acceptors (Lipinski definition) is 3. The molecule has 0 radical (unpaired) electrons. The summed E-state index contributed by atoms with van der Waals surface area (Å²) in [6.07, 6.45) is 8.07. The summed E-state index contributed by atoms with van der Waals surface area (Å²) >= 11 is 0. The zero-order valence-corrected chi connectivity index (χ0v) is 16.9. The maximum atomic E-state index is 12.5. The monoisotopic (exact) mass is 388 g/mol. The van der Waals surface area contributed by atoms with Gasteiger partial charge >= 0.3 is 0 Å². The number of nitrogens with zero attached hydrogens (tertiary/aromatic N) is 3. The van der Waals surface area contributed by atoms with E-state index in [4.69, 9.17) is 0 Å². The van der Waals surface area contributed by atoms with Gasteiger partial charge in [-0.1, -0.05) is 31.2 Å². The van der Waals surface area contributed by atoms with E-state index in [1.165, 1.54) is 18.5 Å². The Kier molecular flexibility index (Phi) is 5.94. The predicted octanol–water partition coefficient (Wildman–Crippen LogP) is 4.10. The fraction of sp³-hybridized carbons (Fsp3) is 0.333. The SMILES string of the molecule is C[C@@H]1CCCN(c2ccc(CNC(=O)c3ccc(Cn4ccnc4)cc3)cc2)C1. The van der Waals surface area contributed by atoms with E-state index in [9.17, 15) is 4.79 Å². The Labute approximate surface area is 172 Å². The number of amides is 1. The topological polar surface area (TPSA) is 50.2 Å². The molecule has 0 bridgehead atoms. The van der Waals surface area contributed by atoms with Crippen LogP contribution in [-0.4, -0.2) is 28.5 Å². The number of nitrogens with one attached hydrogen (secondary N) is 1. The predicted molar refractivity (Wildman–Crippen MR) is 116 cm³/mol. The van der Waals surface area contributed by atoms with Gasteiger partial charge in [-0.05, 0) is 54.2 Å². The molecule has 1 aliphatic heterocycles. The second-order valence-electron chi connectivity index (χ2n) is 7.97. The van der Waals surface area contributed by atoms with Crippen LogP contribution in [0.4, 0.5) is 5.69 Å². The van der Waals surface area contributed by atoms with Gasteiger partial charge in [0, 0.05) is 49.8 Å². The molecule has 1 N–H and O–H groups in total. The largest absolute Gasteiger partial charge is 0.371 e. The van der Waals surface area contributed by atoms with Gasteiger partial charge in [0.15, 0.2) is 0 Å². The van der Waals surface area contributed by atoms with E-state index in [0.29, 0.717) is 12.1 Å². The molecule has 0 unspecified atom stereocenters. The molecule has 3 aromatic rings. The lowest BCUT2D eigenvalue weighted by molar-refractivity contribution is 0.0951. The third-order valence-electron chi connectivity index (χ3n) is 5.55. The molecule has 1 amide bonds. The highest BCUT2D eigenvalue weighted by molar-refractivity contribution is 5.94. The quantitative estimate of drug-likeness (QED) is 0.692. The van der Waals surface area contributed by atoms with Crippen molar-refractivity contribution in [3.8, 4) is 0 Å². The third kappa shape index (κ3) is 5.05. The van der Waals surface area contributed by atoms with Crippen molar-refractivity contribution in [2.45, 2.75) is 32.9 Å². The van der Waals surface area contributed by atoms with Crippen LogP contribution in [0.5, 0.6) is 0 Å². The Morgan fingerprint density at radius 1 is 1.10 bits per heavy atom. The fourth-order valence-corrected chi connectivity index (χ4v) is 3.89. The van der Waals surface area contributed by atoms with Gasteiger partial charge in [-0.15, -0.1) is 0 Å². The Morgan fingerprint density at radius 3 is 2.55 bits per heavy atom. The Bertz CT molecular complexity index is 917. The second-order valence-corrected chi connectivity index (χ2v) is 7.97. The van der Waals surface area contributed by atoms with Crippen molar-refractivity contribution in [3.63, 3.8) is 0 Å². The molecule has 1 aliphatic rings. The molecule has 5 nitrogen and oxygen atoms in total. The van der Waals surface area contributed by atoms with E-state index in [1.807, 2.05) is 35.0 Å². The highest BCUT2D eigenvalue weighted by Gasteiger charge is 2.16. The van der Waals surface area contributed by atoms with Crippen LogP contribution < -0.4 is 10.2 Å². The standard InChI is InChI=1S/C24H28N4O/c1-19-3-2-13-28(16-19)23-10-6-20(7-11-23)15-26-24(29)22-8-4-21(5-9-22)17-27-14-12-25-18-27/h4-12,14,18-19H,2-3,13,15-17H2,1H3,(H,26,29)/t19-/m1/s1. The molecule has 2 heterocycles. The molecule has 0 spiro atoms. The molecule has 150 valence electrons. The summed E-state index contributed by atoms with van der Waals surface area (Å²) in [5, 5.41) is 3.02. The van der Waals surface area contributed by atoms with Crippen molar-refractivity contribution < 1.29 is 4.79 Å². The summed E-state index contributed by atoms with van der Waals surface area (Å²) in [5.74, 6) is 0.710. The van der Waals surface area contributed by atoms with Crippen molar-refractivity contribution in [1.82, 2.24) is 14.9 Å². The Morgan fingerprint density at radius 2 is 1.86 bits per heavy atom. The van der Waals surface area contributed by atoms with Crippen molar-refractivity contribution in [1.29, 1.82) is 0 Å². The van der Waals surface area contributed by atoms with Gasteiger partial charge in [0.05, 0.1) is 6.33 Å². The molecule has 1 atom stereocenters. The molecule has 2 aromatic carbocycles. The molecular formula is C24H28N4O. The lowest BCUT2D eigenvalue weighted by atomic mass is 9.99. The van der Waals surface area contributed by atoms with Crippen LogP contribution in [0.25, 0.3) is 0 Å². The van der Waals surface area contributed by atoms with Gasteiger partial charge in [0.1, 0.15) is 0 Å². The summed E-state index contributed by atoms with van der Waals surface area (Å²) in [5.41, 5.74) is 4.21. The van der Waals surface area contributed by atoms with Gasteiger partial charge in [-0.3, -0.25) is 4.79 Å². The van der Waals surface area contributed by atoms with Crippen LogP contribution in [0.3, 0.4) is 0 Å². The maximum Gasteiger partial charge on any atom is 0.251 e. The maximum absolute atomic E-state index is 12.5. The minimum atomic E-state index is -0.0480.